The Balaban J connectivity index is 1.70. The molecule has 21 heavy (non-hydrogen) atoms. The zero-order valence-corrected chi connectivity index (χ0v) is 13.6. The third-order valence-electron chi connectivity index (χ3n) is 3.49. The fourth-order valence-electron chi connectivity index (χ4n) is 2.49. The van der Waals surface area contributed by atoms with Crippen LogP contribution in [0.3, 0.4) is 0 Å². The lowest BCUT2D eigenvalue weighted by Gasteiger charge is -2.11. The van der Waals surface area contributed by atoms with Crippen molar-refractivity contribution >= 4 is 27.5 Å². The average molecular weight is 371 g/mol. The van der Waals surface area contributed by atoms with E-state index in [4.69, 9.17) is 16.3 Å². The minimum atomic E-state index is -0.386. The first-order chi connectivity index (χ1) is 10.1. The van der Waals surface area contributed by atoms with E-state index in [9.17, 15) is 4.39 Å². The van der Waals surface area contributed by atoms with Gasteiger partial charge < -0.3 is 10.1 Å². The summed E-state index contributed by atoms with van der Waals surface area (Å²) < 4.78 is 20.1. The van der Waals surface area contributed by atoms with Crippen LogP contribution in [0.5, 0.6) is 5.75 Å². The van der Waals surface area contributed by atoms with E-state index in [1.54, 1.807) is 6.07 Å². The highest BCUT2D eigenvalue weighted by Gasteiger charge is 2.17. The van der Waals surface area contributed by atoms with Crippen molar-refractivity contribution in [2.75, 3.05) is 6.61 Å². The molecule has 1 heterocycles. The van der Waals surface area contributed by atoms with Gasteiger partial charge in [0.05, 0.1) is 11.6 Å². The summed E-state index contributed by atoms with van der Waals surface area (Å²) in [5, 5.41) is 3.47. The standard InChI is InChI=1S/C16H14BrClFNO/c17-13-6-10-4-5-21-16(10)12(7-13)9-20-8-11-2-1-3-14(19)15(11)18/h1-3,6-7,20H,4-5,8-9H2. The third-order valence-corrected chi connectivity index (χ3v) is 4.37. The predicted octanol–water partition coefficient (Wildman–Crippen LogP) is 4.47. The van der Waals surface area contributed by atoms with Gasteiger partial charge in [-0.05, 0) is 29.3 Å². The summed E-state index contributed by atoms with van der Waals surface area (Å²) in [5.74, 6) is 0.582. The van der Waals surface area contributed by atoms with E-state index in [1.807, 2.05) is 12.1 Å². The highest BCUT2D eigenvalue weighted by molar-refractivity contribution is 9.10. The number of ether oxygens (including phenoxy) is 1. The first-order valence-corrected chi connectivity index (χ1v) is 7.90. The molecule has 3 rings (SSSR count). The van der Waals surface area contributed by atoms with E-state index >= 15 is 0 Å². The second-order valence-electron chi connectivity index (χ2n) is 4.97. The van der Waals surface area contributed by atoms with Gasteiger partial charge in [-0.2, -0.15) is 0 Å². The molecule has 1 aliphatic rings. The molecule has 2 aromatic carbocycles. The Bertz CT molecular complexity index is 678. The van der Waals surface area contributed by atoms with Crippen molar-refractivity contribution in [2.45, 2.75) is 19.5 Å². The molecule has 0 aliphatic carbocycles. The van der Waals surface area contributed by atoms with Gasteiger partial charge >= 0.3 is 0 Å². The average Bonchev–Trinajstić information content (AvgIpc) is 2.91. The van der Waals surface area contributed by atoms with E-state index in [0.717, 1.165) is 34.4 Å². The second-order valence-corrected chi connectivity index (χ2v) is 6.26. The van der Waals surface area contributed by atoms with Gasteiger partial charge in [-0.15, -0.1) is 0 Å². The Labute approximate surface area is 136 Å². The lowest BCUT2D eigenvalue weighted by molar-refractivity contribution is 0.352. The number of hydrogen-bond acceptors (Lipinski definition) is 2. The van der Waals surface area contributed by atoms with Crippen molar-refractivity contribution in [2.24, 2.45) is 0 Å². The molecular weight excluding hydrogens is 357 g/mol. The topological polar surface area (TPSA) is 21.3 Å². The summed E-state index contributed by atoms with van der Waals surface area (Å²) >= 11 is 9.47. The van der Waals surface area contributed by atoms with Crippen molar-refractivity contribution in [3.8, 4) is 5.75 Å². The molecule has 2 nitrogen and oxygen atoms in total. The summed E-state index contributed by atoms with van der Waals surface area (Å²) in [7, 11) is 0. The molecule has 0 spiro atoms. The number of benzene rings is 2. The monoisotopic (exact) mass is 369 g/mol. The van der Waals surface area contributed by atoms with Crippen LogP contribution in [0.2, 0.25) is 5.02 Å². The van der Waals surface area contributed by atoms with Crippen LogP contribution in [-0.2, 0) is 19.5 Å². The first-order valence-electron chi connectivity index (χ1n) is 6.73. The summed E-state index contributed by atoms with van der Waals surface area (Å²) in [6.07, 6.45) is 0.942. The van der Waals surface area contributed by atoms with Gasteiger partial charge in [0, 0.05) is 29.5 Å². The van der Waals surface area contributed by atoms with Crippen LogP contribution in [0.15, 0.2) is 34.8 Å². The SMILES string of the molecule is Fc1cccc(CNCc2cc(Br)cc3c2OCC3)c1Cl. The van der Waals surface area contributed by atoms with Crippen molar-refractivity contribution in [3.05, 3.63) is 62.3 Å². The Hall–Kier alpha value is -1.10. The van der Waals surface area contributed by atoms with Crippen LogP contribution < -0.4 is 10.1 Å². The molecule has 1 aliphatic heterocycles. The van der Waals surface area contributed by atoms with Crippen molar-refractivity contribution < 1.29 is 9.13 Å². The molecule has 0 saturated carbocycles. The molecule has 1 N–H and O–H groups in total. The van der Waals surface area contributed by atoms with Crippen LogP contribution in [-0.4, -0.2) is 6.61 Å². The largest absolute Gasteiger partial charge is 0.493 e. The predicted molar refractivity (Wildman–Crippen MR) is 85.3 cm³/mol. The minimum absolute atomic E-state index is 0.181. The maximum atomic E-state index is 13.4. The molecule has 0 aromatic heterocycles. The smallest absolute Gasteiger partial charge is 0.142 e. The molecule has 5 heteroatoms. The molecule has 2 aromatic rings. The van der Waals surface area contributed by atoms with E-state index in [2.05, 4.69) is 27.3 Å². The number of nitrogens with one attached hydrogen (secondary N) is 1. The second kappa shape index (κ2) is 6.34. The van der Waals surface area contributed by atoms with E-state index in [0.29, 0.717) is 13.1 Å². The normalized spacial score (nSPS) is 13.1. The Morgan fingerprint density at radius 3 is 2.90 bits per heavy atom. The van der Waals surface area contributed by atoms with Gasteiger partial charge in [-0.3, -0.25) is 0 Å². The molecule has 0 radical (unpaired) electrons. The Morgan fingerprint density at radius 2 is 2.05 bits per heavy atom. The lowest BCUT2D eigenvalue weighted by atomic mass is 10.1. The van der Waals surface area contributed by atoms with Crippen LogP contribution in [0.1, 0.15) is 16.7 Å². The molecular formula is C16H14BrClFNO. The molecule has 0 bridgehead atoms. The maximum Gasteiger partial charge on any atom is 0.142 e. The molecule has 0 amide bonds. The van der Waals surface area contributed by atoms with Crippen LogP contribution in [0.4, 0.5) is 4.39 Å². The van der Waals surface area contributed by atoms with Gasteiger partial charge in [0.1, 0.15) is 11.6 Å². The van der Waals surface area contributed by atoms with Crippen molar-refractivity contribution in [3.63, 3.8) is 0 Å². The number of fused-ring (bicyclic) bond motifs is 1. The summed E-state index contributed by atoms with van der Waals surface area (Å²) in [5.41, 5.74) is 3.08. The highest BCUT2D eigenvalue weighted by Crippen LogP contribution is 2.33. The summed E-state index contributed by atoms with van der Waals surface area (Å²) in [6.45, 7) is 1.89. The molecule has 0 unspecified atom stereocenters. The first kappa shape index (κ1) is 14.8. The van der Waals surface area contributed by atoms with Gasteiger partial charge in [0.25, 0.3) is 0 Å². The van der Waals surface area contributed by atoms with Gasteiger partial charge in [-0.1, -0.05) is 39.7 Å². The fraction of sp³-hybridized carbons (Fsp3) is 0.250. The fourth-order valence-corrected chi connectivity index (χ4v) is 3.24. The number of halogens is 3. The molecule has 110 valence electrons. The Morgan fingerprint density at radius 1 is 1.24 bits per heavy atom. The highest BCUT2D eigenvalue weighted by atomic mass is 79.9. The summed E-state index contributed by atoms with van der Waals surface area (Å²) in [6, 6.07) is 8.98. The minimum Gasteiger partial charge on any atom is -0.493 e. The zero-order valence-electron chi connectivity index (χ0n) is 11.3. The van der Waals surface area contributed by atoms with E-state index in [-0.39, 0.29) is 10.8 Å². The zero-order chi connectivity index (χ0) is 14.8. The lowest BCUT2D eigenvalue weighted by Crippen LogP contribution is -2.14. The van der Waals surface area contributed by atoms with Crippen LogP contribution in [0.25, 0.3) is 0 Å². The summed E-state index contributed by atoms with van der Waals surface area (Å²) in [4.78, 5) is 0. The number of hydrogen-bond donors (Lipinski definition) is 1. The molecule has 0 fully saturated rings. The van der Waals surface area contributed by atoms with Crippen LogP contribution >= 0.6 is 27.5 Å². The van der Waals surface area contributed by atoms with Gasteiger partial charge in [-0.25, -0.2) is 4.39 Å². The van der Waals surface area contributed by atoms with Gasteiger partial charge in [0.2, 0.25) is 0 Å². The Kier molecular flexibility index (Phi) is 4.48. The molecule has 0 atom stereocenters. The third kappa shape index (κ3) is 3.23. The van der Waals surface area contributed by atoms with Crippen LogP contribution in [0, 0.1) is 5.82 Å². The maximum absolute atomic E-state index is 13.4. The van der Waals surface area contributed by atoms with Gasteiger partial charge in [0.15, 0.2) is 0 Å². The van der Waals surface area contributed by atoms with Crippen molar-refractivity contribution in [1.82, 2.24) is 5.32 Å². The van der Waals surface area contributed by atoms with E-state index < -0.39 is 0 Å². The quantitative estimate of drug-likeness (QED) is 0.857. The van der Waals surface area contributed by atoms with Crippen molar-refractivity contribution in [1.29, 1.82) is 0 Å². The number of rotatable bonds is 4. The van der Waals surface area contributed by atoms with E-state index in [1.165, 1.54) is 11.6 Å². The molecule has 0 saturated heterocycles.